The van der Waals surface area contributed by atoms with Crippen molar-refractivity contribution >= 4 is 31.6 Å². The summed E-state index contributed by atoms with van der Waals surface area (Å²) in [6.07, 6.45) is -0.0775. The van der Waals surface area contributed by atoms with Crippen LogP contribution in [0, 0.1) is 6.92 Å². The summed E-state index contributed by atoms with van der Waals surface area (Å²) >= 11 is 0. The van der Waals surface area contributed by atoms with E-state index in [1.54, 1.807) is 0 Å². The minimum atomic E-state index is -3.85. The molecule has 2 aromatic rings. The van der Waals surface area contributed by atoms with Crippen molar-refractivity contribution in [2.45, 2.75) is 24.3 Å². The normalized spacial score (nSPS) is 20.2. The standard InChI is InChI=1S/C22H27N3O6S2/c1-17-2-4-18(5-3-17)21(24-11-13-31-14-12-24)16-23-33(29,30)20-8-6-19(7-9-20)25-22(26)10-15-32(25,27)28/h2-9,21,23H,10-16H2,1H3/t21-/m1/s1. The van der Waals surface area contributed by atoms with E-state index in [4.69, 9.17) is 4.74 Å². The minimum absolute atomic E-state index is 0.0000671. The van der Waals surface area contributed by atoms with Crippen molar-refractivity contribution in [3.05, 3.63) is 59.7 Å². The Balaban J connectivity index is 1.51. The molecular formula is C22H27N3O6S2. The average molecular weight is 494 g/mol. The number of sulfonamides is 2. The van der Waals surface area contributed by atoms with Crippen LogP contribution >= 0.6 is 0 Å². The molecule has 0 radical (unpaired) electrons. The molecule has 2 fully saturated rings. The van der Waals surface area contributed by atoms with Gasteiger partial charge in [0.2, 0.25) is 26.0 Å². The largest absolute Gasteiger partial charge is 0.379 e. The first kappa shape index (κ1) is 23.8. The molecule has 1 atom stereocenters. The van der Waals surface area contributed by atoms with Gasteiger partial charge in [-0.25, -0.2) is 25.9 Å². The Morgan fingerprint density at radius 2 is 1.67 bits per heavy atom. The Hall–Kier alpha value is -2.31. The zero-order chi connectivity index (χ0) is 23.6. The molecule has 11 heteroatoms. The summed E-state index contributed by atoms with van der Waals surface area (Å²) in [5, 5.41) is 0. The molecule has 4 rings (SSSR count). The molecule has 0 saturated carbocycles. The van der Waals surface area contributed by atoms with Gasteiger partial charge in [-0.2, -0.15) is 0 Å². The second-order valence-corrected chi connectivity index (χ2v) is 11.8. The van der Waals surface area contributed by atoms with Crippen molar-refractivity contribution < 1.29 is 26.4 Å². The average Bonchev–Trinajstić information content (AvgIpc) is 3.08. The Morgan fingerprint density at radius 1 is 1.03 bits per heavy atom. The van der Waals surface area contributed by atoms with E-state index in [9.17, 15) is 21.6 Å². The Kier molecular flexibility index (Phi) is 6.87. The molecule has 178 valence electrons. The third-order valence-corrected chi connectivity index (χ3v) is 9.01. The van der Waals surface area contributed by atoms with E-state index in [1.807, 2.05) is 31.2 Å². The van der Waals surface area contributed by atoms with Gasteiger partial charge in [0.15, 0.2) is 0 Å². The predicted octanol–water partition coefficient (Wildman–Crippen LogP) is 1.41. The molecule has 2 aliphatic rings. The number of benzene rings is 2. The minimum Gasteiger partial charge on any atom is -0.379 e. The summed E-state index contributed by atoms with van der Waals surface area (Å²) in [4.78, 5) is 14.2. The fourth-order valence-electron chi connectivity index (χ4n) is 4.04. The van der Waals surface area contributed by atoms with Crippen LogP contribution in [0.5, 0.6) is 0 Å². The first-order valence-corrected chi connectivity index (χ1v) is 13.8. The summed E-state index contributed by atoms with van der Waals surface area (Å²) in [6.45, 7) is 4.76. The summed E-state index contributed by atoms with van der Waals surface area (Å²) in [6, 6.07) is 13.2. The number of nitrogens with one attached hydrogen (secondary N) is 1. The zero-order valence-corrected chi connectivity index (χ0v) is 19.9. The SMILES string of the molecule is Cc1ccc([C@@H](CNS(=O)(=O)c2ccc(N3C(=O)CCS3(=O)=O)cc2)N2CCOCC2)cc1. The van der Waals surface area contributed by atoms with Crippen LogP contribution in [0.1, 0.15) is 23.6 Å². The van der Waals surface area contributed by atoms with Crippen molar-refractivity contribution in [2.75, 3.05) is 42.9 Å². The number of hydrogen-bond donors (Lipinski definition) is 1. The molecular weight excluding hydrogens is 466 g/mol. The predicted molar refractivity (Wildman–Crippen MR) is 124 cm³/mol. The maximum Gasteiger partial charge on any atom is 0.242 e. The number of rotatable bonds is 7. The number of aryl methyl sites for hydroxylation is 1. The van der Waals surface area contributed by atoms with Gasteiger partial charge in [-0.15, -0.1) is 0 Å². The van der Waals surface area contributed by atoms with Crippen LogP contribution in [0.3, 0.4) is 0 Å². The molecule has 2 heterocycles. The molecule has 0 aromatic heterocycles. The third-order valence-electron chi connectivity index (χ3n) is 5.88. The lowest BCUT2D eigenvalue weighted by Gasteiger charge is -2.35. The van der Waals surface area contributed by atoms with Crippen molar-refractivity contribution in [2.24, 2.45) is 0 Å². The highest BCUT2D eigenvalue weighted by molar-refractivity contribution is 7.94. The summed E-state index contributed by atoms with van der Waals surface area (Å²) in [7, 11) is -7.56. The number of morpholine rings is 1. The van der Waals surface area contributed by atoms with Crippen molar-refractivity contribution in [3.63, 3.8) is 0 Å². The van der Waals surface area contributed by atoms with Gasteiger partial charge in [-0.3, -0.25) is 9.69 Å². The first-order valence-electron chi connectivity index (χ1n) is 10.7. The lowest BCUT2D eigenvalue weighted by molar-refractivity contribution is -0.116. The molecule has 0 bridgehead atoms. The van der Waals surface area contributed by atoms with E-state index in [0.29, 0.717) is 26.3 Å². The van der Waals surface area contributed by atoms with Gasteiger partial charge >= 0.3 is 0 Å². The first-order chi connectivity index (χ1) is 15.7. The van der Waals surface area contributed by atoms with Crippen molar-refractivity contribution in [1.29, 1.82) is 0 Å². The highest BCUT2D eigenvalue weighted by Gasteiger charge is 2.36. The molecule has 2 aliphatic heterocycles. The number of anilines is 1. The molecule has 2 saturated heterocycles. The second-order valence-electron chi connectivity index (χ2n) is 8.14. The molecule has 0 unspecified atom stereocenters. The lowest BCUT2D eigenvalue weighted by Crippen LogP contribution is -2.43. The van der Waals surface area contributed by atoms with Crippen LogP contribution < -0.4 is 9.03 Å². The highest BCUT2D eigenvalue weighted by Crippen LogP contribution is 2.27. The van der Waals surface area contributed by atoms with Gasteiger partial charge in [0, 0.05) is 32.1 Å². The van der Waals surface area contributed by atoms with Gasteiger partial charge in [-0.1, -0.05) is 29.8 Å². The molecule has 9 nitrogen and oxygen atoms in total. The van der Waals surface area contributed by atoms with Crippen LogP contribution in [-0.4, -0.2) is 66.2 Å². The second kappa shape index (κ2) is 9.51. The van der Waals surface area contributed by atoms with Gasteiger partial charge < -0.3 is 4.74 Å². The van der Waals surface area contributed by atoms with Crippen LogP contribution in [0.25, 0.3) is 0 Å². The Morgan fingerprint density at radius 3 is 2.24 bits per heavy atom. The van der Waals surface area contributed by atoms with Crippen molar-refractivity contribution in [3.8, 4) is 0 Å². The fraction of sp³-hybridized carbons (Fsp3) is 0.409. The van der Waals surface area contributed by atoms with Crippen LogP contribution in [0.15, 0.2) is 53.4 Å². The quantitative estimate of drug-likeness (QED) is 0.621. The summed E-state index contributed by atoms with van der Waals surface area (Å²) < 4.78 is 59.0. The molecule has 0 aliphatic carbocycles. The van der Waals surface area contributed by atoms with E-state index >= 15 is 0 Å². The Bertz CT molecular complexity index is 1210. The van der Waals surface area contributed by atoms with Crippen LogP contribution in [0.4, 0.5) is 5.69 Å². The number of hydrogen-bond acceptors (Lipinski definition) is 7. The van der Waals surface area contributed by atoms with E-state index in [1.165, 1.54) is 24.3 Å². The highest BCUT2D eigenvalue weighted by atomic mass is 32.2. The van der Waals surface area contributed by atoms with Crippen molar-refractivity contribution in [1.82, 2.24) is 9.62 Å². The summed E-state index contributed by atoms with van der Waals surface area (Å²) in [5.74, 6) is -0.759. The molecule has 1 amide bonds. The Labute approximate surface area is 194 Å². The molecule has 1 N–H and O–H groups in total. The summed E-state index contributed by atoms with van der Waals surface area (Å²) in [5.41, 5.74) is 2.28. The zero-order valence-electron chi connectivity index (χ0n) is 18.3. The van der Waals surface area contributed by atoms with Gasteiger partial charge in [0.1, 0.15) is 0 Å². The smallest absolute Gasteiger partial charge is 0.242 e. The van der Waals surface area contributed by atoms with E-state index in [2.05, 4.69) is 9.62 Å². The maximum atomic E-state index is 13.0. The molecule has 33 heavy (non-hydrogen) atoms. The topological polar surface area (TPSA) is 113 Å². The van der Waals surface area contributed by atoms with Crippen LogP contribution in [-0.2, 0) is 29.6 Å². The third kappa shape index (κ3) is 5.28. The number of ether oxygens (including phenoxy) is 1. The van der Waals surface area contributed by atoms with Gasteiger partial charge in [-0.05, 0) is 36.8 Å². The van der Waals surface area contributed by atoms with Gasteiger partial charge in [0.05, 0.1) is 29.5 Å². The van der Waals surface area contributed by atoms with E-state index in [0.717, 1.165) is 15.4 Å². The number of carbonyl (C=O) groups excluding carboxylic acids is 1. The fourth-order valence-corrected chi connectivity index (χ4v) is 6.53. The number of amides is 1. The monoisotopic (exact) mass is 493 g/mol. The van der Waals surface area contributed by atoms with Gasteiger partial charge in [0.25, 0.3) is 0 Å². The van der Waals surface area contributed by atoms with Crippen LogP contribution in [0.2, 0.25) is 0 Å². The maximum absolute atomic E-state index is 13.0. The lowest BCUT2D eigenvalue weighted by atomic mass is 10.0. The van der Waals surface area contributed by atoms with E-state index < -0.39 is 26.0 Å². The molecule has 2 aromatic carbocycles. The number of carbonyl (C=O) groups is 1. The number of nitrogens with zero attached hydrogens (tertiary/aromatic N) is 2. The van der Waals surface area contributed by atoms with E-state index in [-0.39, 0.29) is 35.3 Å². The molecule has 0 spiro atoms.